The van der Waals surface area contributed by atoms with Gasteiger partial charge in [0, 0.05) is 27.3 Å². The summed E-state index contributed by atoms with van der Waals surface area (Å²) >= 11 is 0. The molecular formula is C35H25N. The van der Waals surface area contributed by atoms with E-state index >= 15 is 0 Å². The van der Waals surface area contributed by atoms with Gasteiger partial charge < -0.3 is 4.98 Å². The molecule has 0 fully saturated rings. The standard InChI is InChI=1S/C35H25N/c1-35(2)30-17-15-21-8-5-6-11-25(21)33(30)28-16-14-24(19-31(28)35)26-12-7-13-27-29-18-22-9-3-4-10-23(22)20-32(29)36-34(26)27/h3-20,36H,1-2H3. The Labute approximate surface area is 210 Å². The van der Waals surface area contributed by atoms with Crippen LogP contribution in [0.2, 0.25) is 0 Å². The van der Waals surface area contributed by atoms with Crippen molar-refractivity contribution in [1.29, 1.82) is 0 Å². The van der Waals surface area contributed by atoms with Gasteiger partial charge in [-0.15, -0.1) is 0 Å². The van der Waals surface area contributed by atoms with Gasteiger partial charge in [-0.05, 0) is 67.6 Å². The normalized spacial score (nSPS) is 14.1. The first-order valence-corrected chi connectivity index (χ1v) is 12.7. The lowest BCUT2D eigenvalue weighted by Crippen LogP contribution is -2.15. The van der Waals surface area contributed by atoms with Gasteiger partial charge in [-0.3, -0.25) is 0 Å². The largest absolute Gasteiger partial charge is 0.354 e. The summed E-state index contributed by atoms with van der Waals surface area (Å²) in [6.07, 6.45) is 0. The van der Waals surface area contributed by atoms with E-state index in [1.54, 1.807) is 0 Å². The number of hydrogen-bond acceptors (Lipinski definition) is 0. The molecule has 0 saturated carbocycles. The number of para-hydroxylation sites is 1. The van der Waals surface area contributed by atoms with Gasteiger partial charge in [-0.2, -0.15) is 0 Å². The average Bonchev–Trinajstić information content (AvgIpc) is 3.39. The second-order valence-corrected chi connectivity index (χ2v) is 10.7. The van der Waals surface area contributed by atoms with Crippen LogP contribution in [-0.2, 0) is 5.41 Å². The maximum Gasteiger partial charge on any atom is 0.0544 e. The number of rotatable bonds is 1. The topological polar surface area (TPSA) is 15.8 Å². The molecule has 1 heteroatoms. The maximum absolute atomic E-state index is 3.77. The second-order valence-electron chi connectivity index (χ2n) is 10.7. The molecule has 1 N–H and O–H groups in total. The van der Waals surface area contributed by atoms with Gasteiger partial charge in [0.1, 0.15) is 0 Å². The molecule has 0 radical (unpaired) electrons. The van der Waals surface area contributed by atoms with Crippen molar-refractivity contribution in [2.45, 2.75) is 19.3 Å². The fourth-order valence-electron chi connectivity index (χ4n) is 6.53. The molecule has 1 nitrogen and oxygen atoms in total. The van der Waals surface area contributed by atoms with Crippen LogP contribution >= 0.6 is 0 Å². The molecule has 0 atom stereocenters. The highest BCUT2D eigenvalue weighted by Gasteiger charge is 2.36. The van der Waals surface area contributed by atoms with Gasteiger partial charge in [0.15, 0.2) is 0 Å². The molecule has 1 aliphatic carbocycles. The van der Waals surface area contributed by atoms with Crippen LogP contribution in [0.5, 0.6) is 0 Å². The number of fused-ring (bicyclic) bond motifs is 9. The molecule has 0 spiro atoms. The summed E-state index contributed by atoms with van der Waals surface area (Å²) in [5.74, 6) is 0. The van der Waals surface area contributed by atoms with E-state index in [2.05, 4.69) is 128 Å². The Kier molecular flexibility index (Phi) is 3.79. The highest BCUT2D eigenvalue weighted by Crippen LogP contribution is 2.52. The van der Waals surface area contributed by atoms with Crippen LogP contribution in [0.4, 0.5) is 0 Å². The molecule has 8 rings (SSSR count). The highest BCUT2D eigenvalue weighted by atomic mass is 14.7. The number of hydrogen-bond donors (Lipinski definition) is 1. The Hall–Kier alpha value is -4.36. The summed E-state index contributed by atoms with van der Waals surface area (Å²) in [5, 5.41) is 7.76. The van der Waals surface area contributed by atoms with Gasteiger partial charge in [-0.25, -0.2) is 0 Å². The Bertz CT molecular complexity index is 2020. The quantitative estimate of drug-likeness (QED) is 0.251. The average molecular weight is 460 g/mol. The first kappa shape index (κ1) is 19.9. The Balaban J connectivity index is 1.37. The third-order valence-corrected chi connectivity index (χ3v) is 8.38. The van der Waals surface area contributed by atoms with Crippen LogP contribution in [0.25, 0.3) is 65.6 Å². The molecular weight excluding hydrogens is 434 g/mol. The molecule has 7 aromatic rings. The molecule has 0 aliphatic heterocycles. The van der Waals surface area contributed by atoms with Gasteiger partial charge in [0.2, 0.25) is 0 Å². The number of nitrogens with one attached hydrogen (secondary N) is 1. The smallest absolute Gasteiger partial charge is 0.0544 e. The summed E-state index contributed by atoms with van der Waals surface area (Å²) in [4.78, 5) is 3.77. The van der Waals surface area contributed by atoms with Crippen LogP contribution in [-0.4, -0.2) is 4.98 Å². The van der Waals surface area contributed by atoms with E-state index in [0.29, 0.717) is 0 Å². The minimum absolute atomic E-state index is 0.0449. The molecule has 0 bridgehead atoms. The number of aromatic nitrogens is 1. The Morgan fingerprint density at radius 1 is 0.528 bits per heavy atom. The van der Waals surface area contributed by atoms with Crippen molar-refractivity contribution in [3.63, 3.8) is 0 Å². The van der Waals surface area contributed by atoms with Crippen molar-refractivity contribution in [2.75, 3.05) is 0 Å². The van der Waals surface area contributed by atoms with Crippen molar-refractivity contribution in [3.8, 4) is 22.3 Å². The molecule has 1 heterocycles. The first-order chi connectivity index (χ1) is 17.6. The monoisotopic (exact) mass is 459 g/mol. The zero-order chi connectivity index (χ0) is 24.0. The van der Waals surface area contributed by atoms with Crippen molar-refractivity contribution < 1.29 is 0 Å². The lowest BCUT2D eigenvalue weighted by Gasteiger charge is -2.22. The fraction of sp³-hybridized carbons (Fsp3) is 0.0857. The van der Waals surface area contributed by atoms with E-state index < -0.39 is 0 Å². The molecule has 0 saturated heterocycles. The summed E-state index contributed by atoms with van der Waals surface area (Å²) < 4.78 is 0. The summed E-state index contributed by atoms with van der Waals surface area (Å²) in [7, 11) is 0. The lowest BCUT2D eigenvalue weighted by atomic mass is 9.81. The van der Waals surface area contributed by atoms with Crippen molar-refractivity contribution in [3.05, 3.63) is 120 Å². The van der Waals surface area contributed by atoms with E-state index in [0.717, 1.165) is 0 Å². The van der Waals surface area contributed by atoms with Gasteiger partial charge in [0.05, 0.1) is 5.52 Å². The van der Waals surface area contributed by atoms with E-state index in [-0.39, 0.29) is 5.41 Å². The molecule has 0 amide bonds. The van der Waals surface area contributed by atoms with Gasteiger partial charge >= 0.3 is 0 Å². The van der Waals surface area contributed by atoms with E-state index in [9.17, 15) is 0 Å². The molecule has 0 unspecified atom stereocenters. The van der Waals surface area contributed by atoms with Crippen LogP contribution in [0.3, 0.4) is 0 Å². The number of benzene rings is 6. The van der Waals surface area contributed by atoms with Gasteiger partial charge in [0.25, 0.3) is 0 Å². The molecule has 1 aliphatic rings. The third kappa shape index (κ3) is 2.55. The van der Waals surface area contributed by atoms with Crippen molar-refractivity contribution in [2.24, 2.45) is 0 Å². The highest BCUT2D eigenvalue weighted by molar-refractivity contribution is 6.15. The van der Waals surface area contributed by atoms with Crippen molar-refractivity contribution in [1.82, 2.24) is 4.98 Å². The van der Waals surface area contributed by atoms with E-state index in [4.69, 9.17) is 0 Å². The lowest BCUT2D eigenvalue weighted by molar-refractivity contribution is 0.661. The number of aromatic amines is 1. The maximum atomic E-state index is 3.77. The molecule has 1 aromatic heterocycles. The number of H-pyrrole nitrogens is 1. The zero-order valence-corrected chi connectivity index (χ0v) is 20.4. The summed E-state index contributed by atoms with van der Waals surface area (Å²) in [5.41, 5.74) is 10.5. The summed E-state index contributed by atoms with van der Waals surface area (Å²) in [6, 6.07) is 40.4. The molecule has 36 heavy (non-hydrogen) atoms. The summed E-state index contributed by atoms with van der Waals surface area (Å²) in [6.45, 7) is 4.73. The van der Waals surface area contributed by atoms with E-state index in [1.807, 2.05) is 0 Å². The van der Waals surface area contributed by atoms with Crippen molar-refractivity contribution >= 4 is 43.4 Å². The Morgan fingerprint density at radius 2 is 1.28 bits per heavy atom. The first-order valence-electron chi connectivity index (χ1n) is 12.7. The van der Waals surface area contributed by atoms with Crippen LogP contribution in [0.15, 0.2) is 109 Å². The minimum atomic E-state index is -0.0449. The Morgan fingerprint density at radius 3 is 2.14 bits per heavy atom. The molecule has 170 valence electrons. The predicted molar refractivity (Wildman–Crippen MR) is 154 cm³/mol. The predicted octanol–water partition coefficient (Wildman–Crippen LogP) is 9.60. The van der Waals surface area contributed by atoms with Gasteiger partial charge in [-0.1, -0.05) is 105 Å². The van der Waals surface area contributed by atoms with Crippen LogP contribution in [0.1, 0.15) is 25.0 Å². The third-order valence-electron chi connectivity index (χ3n) is 8.38. The fourth-order valence-corrected chi connectivity index (χ4v) is 6.53. The molecule has 6 aromatic carbocycles. The van der Waals surface area contributed by atoms with Crippen LogP contribution < -0.4 is 0 Å². The SMILES string of the molecule is CC1(C)c2cc(-c3cccc4c3[nH]c3cc5ccccc5cc34)ccc2-c2c1ccc1ccccc21. The van der Waals surface area contributed by atoms with Crippen LogP contribution in [0, 0.1) is 0 Å². The second kappa shape index (κ2) is 6.86. The minimum Gasteiger partial charge on any atom is -0.354 e. The zero-order valence-electron chi connectivity index (χ0n) is 20.4. The van der Waals surface area contributed by atoms with E-state index in [1.165, 1.54) is 76.7 Å².